The van der Waals surface area contributed by atoms with Crippen molar-refractivity contribution in [3.05, 3.63) is 43.2 Å². The maximum absolute atomic E-state index is 3.59. The molecule has 16 heavy (non-hydrogen) atoms. The first-order chi connectivity index (χ1) is 7.79. The van der Waals surface area contributed by atoms with Crippen molar-refractivity contribution in [1.82, 2.24) is 4.90 Å². The molecule has 2 aromatic heterocycles. The molecule has 0 bridgehead atoms. The first-order valence-corrected chi connectivity index (χ1v) is 7.81. The molecule has 1 nitrogen and oxygen atoms in total. The Morgan fingerprint density at radius 2 is 2.06 bits per heavy atom. The second kappa shape index (κ2) is 5.96. The summed E-state index contributed by atoms with van der Waals surface area (Å²) in [6.07, 6.45) is 0. The topological polar surface area (TPSA) is 3.24 Å². The van der Waals surface area contributed by atoms with Gasteiger partial charge in [0.2, 0.25) is 0 Å². The Bertz CT molecular complexity index is 422. The largest absolute Gasteiger partial charge is 0.293 e. The molecule has 0 aromatic carbocycles. The van der Waals surface area contributed by atoms with Gasteiger partial charge in [-0.25, -0.2) is 0 Å². The zero-order valence-corrected chi connectivity index (χ0v) is 12.4. The van der Waals surface area contributed by atoms with E-state index in [0.717, 1.165) is 19.6 Å². The van der Waals surface area contributed by atoms with Crippen LogP contribution < -0.4 is 0 Å². The van der Waals surface area contributed by atoms with Crippen LogP contribution in [-0.2, 0) is 13.1 Å². The van der Waals surface area contributed by atoms with Gasteiger partial charge in [-0.15, -0.1) is 22.7 Å². The Kier molecular flexibility index (Phi) is 4.58. The van der Waals surface area contributed by atoms with Crippen LogP contribution in [0.15, 0.2) is 33.4 Å². The molecule has 0 atom stereocenters. The van der Waals surface area contributed by atoms with Gasteiger partial charge in [-0.1, -0.05) is 13.0 Å². The van der Waals surface area contributed by atoms with Gasteiger partial charge in [0, 0.05) is 27.3 Å². The van der Waals surface area contributed by atoms with Gasteiger partial charge in [-0.05, 0) is 45.4 Å². The maximum Gasteiger partial charge on any atom is 0.0343 e. The summed E-state index contributed by atoms with van der Waals surface area (Å²) in [4.78, 5) is 5.32. The van der Waals surface area contributed by atoms with Gasteiger partial charge < -0.3 is 0 Å². The fraction of sp³-hybridized carbons (Fsp3) is 0.333. The molecule has 4 heteroatoms. The van der Waals surface area contributed by atoms with E-state index >= 15 is 0 Å². The average molecular weight is 316 g/mol. The normalized spacial score (nSPS) is 11.2. The van der Waals surface area contributed by atoms with Crippen molar-refractivity contribution in [3.63, 3.8) is 0 Å². The molecule has 0 N–H and O–H groups in total. The third-order valence-corrected chi connectivity index (χ3v) is 5.24. The SMILES string of the molecule is CCN(Cc1cccs1)Cc1sccc1Br. The molecule has 2 heterocycles. The fourth-order valence-electron chi connectivity index (χ4n) is 1.54. The van der Waals surface area contributed by atoms with E-state index in [-0.39, 0.29) is 0 Å². The Labute approximate surface area is 113 Å². The van der Waals surface area contributed by atoms with Crippen molar-refractivity contribution in [2.24, 2.45) is 0 Å². The lowest BCUT2D eigenvalue weighted by Crippen LogP contribution is -2.21. The Morgan fingerprint density at radius 3 is 2.62 bits per heavy atom. The van der Waals surface area contributed by atoms with Crippen LogP contribution >= 0.6 is 38.6 Å². The average Bonchev–Trinajstić information content (AvgIpc) is 2.90. The van der Waals surface area contributed by atoms with E-state index in [1.54, 1.807) is 0 Å². The van der Waals surface area contributed by atoms with Crippen LogP contribution in [0.3, 0.4) is 0 Å². The summed E-state index contributed by atoms with van der Waals surface area (Å²) in [6, 6.07) is 6.45. The summed E-state index contributed by atoms with van der Waals surface area (Å²) in [5.41, 5.74) is 0. The Balaban J connectivity index is 1.98. The van der Waals surface area contributed by atoms with Crippen LogP contribution in [0.25, 0.3) is 0 Å². The number of hydrogen-bond acceptors (Lipinski definition) is 3. The number of hydrogen-bond donors (Lipinski definition) is 0. The monoisotopic (exact) mass is 315 g/mol. The van der Waals surface area contributed by atoms with Crippen molar-refractivity contribution >= 4 is 38.6 Å². The minimum atomic E-state index is 1.03. The van der Waals surface area contributed by atoms with Crippen LogP contribution in [0.5, 0.6) is 0 Å². The second-order valence-electron chi connectivity index (χ2n) is 3.57. The van der Waals surface area contributed by atoms with E-state index in [2.05, 4.69) is 56.7 Å². The van der Waals surface area contributed by atoms with E-state index in [0.29, 0.717) is 0 Å². The molecule has 0 aliphatic rings. The Morgan fingerprint density at radius 1 is 1.19 bits per heavy atom. The summed E-state index contributed by atoms with van der Waals surface area (Å²) < 4.78 is 1.24. The van der Waals surface area contributed by atoms with Crippen LogP contribution in [0.4, 0.5) is 0 Å². The molecule has 0 amide bonds. The molecule has 0 fully saturated rings. The van der Waals surface area contributed by atoms with E-state index in [4.69, 9.17) is 0 Å². The van der Waals surface area contributed by atoms with Crippen molar-refractivity contribution in [3.8, 4) is 0 Å². The number of halogens is 1. The van der Waals surface area contributed by atoms with Crippen molar-refractivity contribution < 1.29 is 0 Å². The van der Waals surface area contributed by atoms with E-state index in [9.17, 15) is 0 Å². The number of nitrogens with zero attached hydrogens (tertiary/aromatic N) is 1. The lowest BCUT2D eigenvalue weighted by Gasteiger charge is -2.18. The molecule has 0 spiro atoms. The fourth-order valence-corrected chi connectivity index (χ4v) is 3.81. The number of rotatable bonds is 5. The van der Waals surface area contributed by atoms with Crippen LogP contribution in [0, 0.1) is 0 Å². The van der Waals surface area contributed by atoms with Gasteiger partial charge in [0.15, 0.2) is 0 Å². The quantitative estimate of drug-likeness (QED) is 0.779. The first kappa shape index (κ1) is 12.3. The minimum Gasteiger partial charge on any atom is -0.293 e. The predicted molar refractivity (Wildman–Crippen MR) is 76.1 cm³/mol. The lowest BCUT2D eigenvalue weighted by molar-refractivity contribution is 0.276. The molecule has 0 unspecified atom stereocenters. The highest BCUT2D eigenvalue weighted by Crippen LogP contribution is 2.25. The molecule has 0 saturated carbocycles. The molecule has 0 radical (unpaired) electrons. The lowest BCUT2D eigenvalue weighted by atomic mass is 10.3. The third-order valence-electron chi connectivity index (χ3n) is 2.47. The van der Waals surface area contributed by atoms with Crippen LogP contribution in [0.1, 0.15) is 16.7 Å². The first-order valence-electron chi connectivity index (χ1n) is 5.26. The molecular weight excluding hydrogens is 302 g/mol. The number of thiophene rings is 2. The van der Waals surface area contributed by atoms with E-state index in [1.165, 1.54) is 14.2 Å². The summed E-state index contributed by atoms with van der Waals surface area (Å²) in [5, 5.41) is 4.28. The highest BCUT2D eigenvalue weighted by Gasteiger charge is 2.08. The van der Waals surface area contributed by atoms with Crippen molar-refractivity contribution in [2.75, 3.05) is 6.54 Å². The third kappa shape index (κ3) is 3.17. The van der Waals surface area contributed by atoms with Gasteiger partial charge in [-0.2, -0.15) is 0 Å². The maximum atomic E-state index is 3.59. The highest BCUT2D eigenvalue weighted by atomic mass is 79.9. The second-order valence-corrected chi connectivity index (χ2v) is 6.46. The van der Waals surface area contributed by atoms with Gasteiger partial charge in [0.1, 0.15) is 0 Å². The predicted octanol–water partition coefficient (Wildman–Crippen LogP) is 4.59. The zero-order valence-electron chi connectivity index (χ0n) is 9.15. The molecule has 0 aliphatic carbocycles. The summed E-state index contributed by atoms with van der Waals surface area (Å²) in [6.45, 7) is 5.39. The summed E-state index contributed by atoms with van der Waals surface area (Å²) >= 11 is 7.24. The molecule has 0 aliphatic heterocycles. The molecular formula is C12H14BrNS2. The van der Waals surface area contributed by atoms with E-state index < -0.39 is 0 Å². The van der Waals surface area contributed by atoms with Gasteiger partial charge in [-0.3, -0.25) is 4.90 Å². The standard InChI is InChI=1S/C12H14BrNS2/c1-2-14(8-10-4-3-6-15-10)9-12-11(13)5-7-16-12/h3-7H,2,8-9H2,1H3. The van der Waals surface area contributed by atoms with Gasteiger partial charge >= 0.3 is 0 Å². The zero-order chi connectivity index (χ0) is 11.4. The summed E-state index contributed by atoms with van der Waals surface area (Å²) in [5.74, 6) is 0. The molecule has 0 saturated heterocycles. The highest BCUT2D eigenvalue weighted by molar-refractivity contribution is 9.10. The minimum absolute atomic E-state index is 1.03. The summed E-state index contributed by atoms with van der Waals surface area (Å²) in [7, 11) is 0. The van der Waals surface area contributed by atoms with Crippen LogP contribution in [-0.4, -0.2) is 11.4 Å². The molecule has 2 aromatic rings. The van der Waals surface area contributed by atoms with Crippen molar-refractivity contribution in [2.45, 2.75) is 20.0 Å². The van der Waals surface area contributed by atoms with Crippen molar-refractivity contribution in [1.29, 1.82) is 0 Å². The van der Waals surface area contributed by atoms with Gasteiger partial charge in [0.05, 0.1) is 0 Å². The molecule has 2 rings (SSSR count). The van der Waals surface area contributed by atoms with E-state index in [1.807, 2.05) is 22.7 Å². The van der Waals surface area contributed by atoms with Gasteiger partial charge in [0.25, 0.3) is 0 Å². The van der Waals surface area contributed by atoms with Crippen LogP contribution in [0.2, 0.25) is 0 Å². The molecule has 86 valence electrons. The smallest absolute Gasteiger partial charge is 0.0343 e. The Hall–Kier alpha value is -0.160.